The highest BCUT2D eigenvalue weighted by atomic mass is 16.2. The molecule has 0 spiro atoms. The maximum absolute atomic E-state index is 11.8. The first kappa shape index (κ1) is 12.8. The van der Waals surface area contributed by atoms with Crippen LogP contribution in [0.4, 0.5) is 0 Å². The Labute approximate surface area is 118 Å². The molecule has 1 N–H and O–H groups in total. The van der Waals surface area contributed by atoms with E-state index in [-0.39, 0.29) is 12.1 Å². The Hall–Kier alpha value is -3.20. The Balaban J connectivity index is 2.14. The maximum Gasteiger partial charge on any atom is 0.328 e. The number of hydrogen-bond acceptors (Lipinski definition) is 4. The van der Waals surface area contributed by atoms with Gasteiger partial charge in [-0.25, -0.2) is 4.79 Å². The molecule has 0 unspecified atom stereocenters. The number of H-pyrrole nitrogens is 1. The predicted octanol–water partition coefficient (Wildman–Crippen LogP) is 1.00. The fraction of sp³-hybridized carbons (Fsp3) is 0.0667. The van der Waals surface area contributed by atoms with Crippen molar-refractivity contribution >= 4 is 10.9 Å². The second-order valence-corrected chi connectivity index (χ2v) is 4.53. The van der Waals surface area contributed by atoms with Crippen molar-refractivity contribution in [2.45, 2.75) is 6.54 Å². The number of fused-ring (bicyclic) bond motifs is 1. The summed E-state index contributed by atoms with van der Waals surface area (Å²) in [6.07, 6.45) is 2.95. The van der Waals surface area contributed by atoms with E-state index >= 15 is 0 Å². The molecule has 2 aromatic heterocycles. The zero-order valence-corrected chi connectivity index (χ0v) is 10.9. The van der Waals surface area contributed by atoms with Gasteiger partial charge in [-0.3, -0.25) is 19.3 Å². The molecular weight excluding hydrogens is 268 g/mol. The molecule has 0 saturated carbocycles. The summed E-state index contributed by atoms with van der Waals surface area (Å²) in [4.78, 5) is 29.7. The van der Waals surface area contributed by atoms with E-state index in [2.05, 4.69) is 9.97 Å². The fourth-order valence-corrected chi connectivity index (χ4v) is 2.18. The number of benzene rings is 1. The summed E-state index contributed by atoms with van der Waals surface area (Å²) >= 11 is 0. The lowest BCUT2D eigenvalue weighted by Gasteiger charge is -2.08. The third kappa shape index (κ3) is 2.32. The highest BCUT2D eigenvalue weighted by Crippen LogP contribution is 2.16. The van der Waals surface area contributed by atoms with Gasteiger partial charge in [0, 0.05) is 17.8 Å². The number of aromatic amines is 1. The molecule has 102 valence electrons. The van der Waals surface area contributed by atoms with E-state index in [0.29, 0.717) is 0 Å². The van der Waals surface area contributed by atoms with Crippen molar-refractivity contribution in [3.05, 3.63) is 74.7 Å². The van der Waals surface area contributed by atoms with E-state index in [1.807, 2.05) is 30.3 Å². The quantitative estimate of drug-likeness (QED) is 0.757. The van der Waals surface area contributed by atoms with Crippen molar-refractivity contribution in [3.63, 3.8) is 0 Å². The van der Waals surface area contributed by atoms with Crippen LogP contribution in [0.1, 0.15) is 11.1 Å². The number of hydrogen-bond donors (Lipinski definition) is 1. The van der Waals surface area contributed by atoms with E-state index in [4.69, 9.17) is 5.26 Å². The van der Waals surface area contributed by atoms with E-state index in [1.165, 1.54) is 10.8 Å². The molecule has 0 fully saturated rings. The average molecular weight is 278 g/mol. The Morgan fingerprint density at radius 3 is 2.86 bits per heavy atom. The fourth-order valence-electron chi connectivity index (χ4n) is 2.18. The topological polar surface area (TPSA) is 91.5 Å². The molecule has 0 radical (unpaired) electrons. The van der Waals surface area contributed by atoms with Crippen LogP contribution in [0, 0.1) is 11.3 Å². The molecule has 0 aliphatic heterocycles. The van der Waals surface area contributed by atoms with Gasteiger partial charge in [0.2, 0.25) is 0 Å². The summed E-state index contributed by atoms with van der Waals surface area (Å²) in [6, 6.07) is 11.2. The molecule has 0 bridgehead atoms. The summed E-state index contributed by atoms with van der Waals surface area (Å²) in [5.41, 5.74) is 0.312. The largest absolute Gasteiger partial charge is 0.328 e. The van der Waals surface area contributed by atoms with Crippen LogP contribution >= 0.6 is 0 Å². The Morgan fingerprint density at radius 2 is 2.05 bits per heavy atom. The first-order valence-electron chi connectivity index (χ1n) is 6.25. The van der Waals surface area contributed by atoms with E-state index in [1.54, 1.807) is 12.3 Å². The molecule has 2 heterocycles. The van der Waals surface area contributed by atoms with Crippen LogP contribution in [0.5, 0.6) is 0 Å². The van der Waals surface area contributed by atoms with Crippen molar-refractivity contribution in [2.24, 2.45) is 0 Å². The summed E-state index contributed by atoms with van der Waals surface area (Å²) < 4.78 is 1.30. The Kier molecular flexibility index (Phi) is 3.09. The predicted molar refractivity (Wildman–Crippen MR) is 76.9 cm³/mol. The molecule has 3 rings (SSSR count). The lowest BCUT2D eigenvalue weighted by atomic mass is 10.1. The van der Waals surface area contributed by atoms with Gasteiger partial charge in [-0.05, 0) is 11.6 Å². The van der Waals surface area contributed by atoms with E-state index in [9.17, 15) is 9.59 Å². The molecule has 0 saturated heterocycles. The number of nitriles is 1. The van der Waals surface area contributed by atoms with Gasteiger partial charge in [0.1, 0.15) is 11.6 Å². The summed E-state index contributed by atoms with van der Waals surface area (Å²) in [5.74, 6) is 0. The summed E-state index contributed by atoms with van der Waals surface area (Å²) in [6.45, 7) is 0.235. The highest BCUT2D eigenvalue weighted by Gasteiger charge is 2.07. The SMILES string of the molecule is N#Cc1cn(Cc2cccc3cccnc23)c(=O)[nH]c1=O. The molecular formula is C15H10N4O2. The normalized spacial score (nSPS) is 10.4. The molecule has 6 heteroatoms. The van der Waals surface area contributed by atoms with E-state index in [0.717, 1.165) is 16.5 Å². The molecule has 0 atom stereocenters. The van der Waals surface area contributed by atoms with Crippen LogP contribution in [0.25, 0.3) is 10.9 Å². The average Bonchev–Trinajstić information content (AvgIpc) is 2.50. The van der Waals surface area contributed by atoms with Gasteiger partial charge >= 0.3 is 5.69 Å². The van der Waals surface area contributed by atoms with Crippen molar-refractivity contribution in [3.8, 4) is 6.07 Å². The second-order valence-electron chi connectivity index (χ2n) is 4.53. The first-order valence-corrected chi connectivity index (χ1v) is 6.25. The third-order valence-electron chi connectivity index (χ3n) is 3.19. The zero-order chi connectivity index (χ0) is 14.8. The van der Waals surface area contributed by atoms with Gasteiger partial charge in [-0.1, -0.05) is 24.3 Å². The molecule has 3 aromatic rings. The summed E-state index contributed by atoms with van der Waals surface area (Å²) in [7, 11) is 0. The van der Waals surface area contributed by atoms with Crippen LogP contribution in [-0.2, 0) is 6.54 Å². The molecule has 21 heavy (non-hydrogen) atoms. The monoisotopic (exact) mass is 278 g/mol. The Bertz CT molecular complexity index is 974. The number of pyridine rings is 1. The van der Waals surface area contributed by atoms with Crippen LogP contribution in [0.3, 0.4) is 0 Å². The van der Waals surface area contributed by atoms with Crippen molar-refractivity contribution in [1.82, 2.24) is 14.5 Å². The second kappa shape index (κ2) is 5.06. The molecule has 6 nitrogen and oxygen atoms in total. The summed E-state index contributed by atoms with van der Waals surface area (Å²) in [5, 5.41) is 9.84. The van der Waals surface area contributed by atoms with Crippen LogP contribution in [-0.4, -0.2) is 14.5 Å². The molecule has 0 amide bonds. The minimum atomic E-state index is -0.671. The van der Waals surface area contributed by atoms with Crippen molar-refractivity contribution in [1.29, 1.82) is 5.26 Å². The third-order valence-corrected chi connectivity index (χ3v) is 3.19. The minimum Gasteiger partial charge on any atom is -0.295 e. The number of nitrogens with one attached hydrogen (secondary N) is 1. The number of para-hydroxylation sites is 1. The van der Waals surface area contributed by atoms with Crippen LogP contribution < -0.4 is 11.2 Å². The van der Waals surface area contributed by atoms with Gasteiger partial charge in [-0.2, -0.15) is 5.26 Å². The maximum atomic E-state index is 11.8. The highest BCUT2D eigenvalue weighted by molar-refractivity contribution is 5.81. The molecule has 0 aliphatic rings. The van der Waals surface area contributed by atoms with Crippen molar-refractivity contribution in [2.75, 3.05) is 0 Å². The van der Waals surface area contributed by atoms with E-state index < -0.39 is 11.2 Å². The number of nitrogens with zero attached hydrogens (tertiary/aromatic N) is 3. The van der Waals surface area contributed by atoms with Crippen LogP contribution in [0.15, 0.2) is 52.3 Å². The first-order chi connectivity index (χ1) is 10.2. The van der Waals surface area contributed by atoms with Crippen molar-refractivity contribution < 1.29 is 0 Å². The Morgan fingerprint density at radius 1 is 1.24 bits per heavy atom. The molecule has 1 aromatic carbocycles. The van der Waals surface area contributed by atoms with Gasteiger partial charge < -0.3 is 0 Å². The zero-order valence-electron chi connectivity index (χ0n) is 10.9. The molecule has 0 aliphatic carbocycles. The lowest BCUT2D eigenvalue weighted by molar-refractivity contribution is 0.720. The van der Waals surface area contributed by atoms with Gasteiger partial charge in [0.25, 0.3) is 5.56 Å². The van der Waals surface area contributed by atoms with Crippen LogP contribution in [0.2, 0.25) is 0 Å². The minimum absolute atomic E-state index is 0.0946. The van der Waals surface area contributed by atoms with Gasteiger partial charge in [-0.15, -0.1) is 0 Å². The van der Waals surface area contributed by atoms with Gasteiger partial charge in [0.15, 0.2) is 0 Å². The lowest BCUT2D eigenvalue weighted by Crippen LogP contribution is -2.31. The number of rotatable bonds is 2. The number of aromatic nitrogens is 3. The smallest absolute Gasteiger partial charge is 0.295 e. The standard InChI is InChI=1S/C15H10N4O2/c16-7-12-9-19(15(21)18-14(12)20)8-11-4-1-3-10-5-2-6-17-13(10)11/h1-6,9H,8H2,(H,18,20,21). The van der Waals surface area contributed by atoms with Gasteiger partial charge in [0.05, 0.1) is 12.1 Å².